The summed E-state index contributed by atoms with van der Waals surface area (Å²) in [7, 11) is 0. The minimum absolute atomic E-state index is 0.530. The van der Waals surface area contributed by atoms with Gasteiger partial charge in [0.05, 0.1) is 23.3 Å². The molecule has 0 aliphatic rings. The maximum absolute atomic E-state index is 9.55. The highest BCUT2D eigenvalue weighted by Gasteiger charge is 2.06. The third-order valence-electron chi connectivity index (χ3n) is 4.11. The predicted octanol–water partition coefficient (Wildman–Crippen LogP) is 7.30. The molecule has 0 saturated carbocycles. The molecule has 3 aromatic rings. The third kappa shape index (κ3) is 5.08. The second-order valence-corrected chi connectivity index (χ2v) is 7.85. The average Bonchev–Trinajstić information content (AvgIpc) is 2.72. The summed E-state index contributed by atoms with van der Waals surface area (Å²) in [5, 5.41) is 19.1. The number of halogens is 2. The molecule has 3 rings (SSSR count). The van der Waals surface area contributed by atoms with E-state index >= 15 is 0 Å². The van der Waals surface area contributed by atoms with Crippen molar-refractivity contribution in [1.29, 1.82) is 10.5 Å². The van der Waals surface area contributed by atoms with E-state index in [-0.39, 0.29) is 0 Å². The topological polar surface area (TPSA) is 47.6 Å². The third-order valence-corrected chi connectivity index (χ3v) is 5.17. The largest absolute Gasteiger partial charge is 0.192 e. The zero-order valence-corrected chi connectivity index (χ0v) is 17.9. The first kappa shape index (κ1) is 19.8. The van der Waals surface area contributed by atoms with Gasteiger partial charge in [-0.25, -0.2) is 0 Å². The molecule has 0 saturated heterocycles. The summed E-state index contributed by atoms with van der Waals surface area (Å²) in [4.78, 5) is 0. The highest BCUT2D eigenvalue weighted by Crippen LogP contribution is 2.22. The molecule has 4 heteroatoms. The second kappa shape index (κ2) is 9.33. The number of benzene rings is 3. The van der Waals surface area contributed by atoms with Crippen molar-refractivity contribution in [3.63, 3.8) is 0 Å². The fourth-order valence-electron chi connectivity index (χ4n) is 2.62. The lowest BCUT2D eigenvalue weighted by atomic mass is 9.98. The Morgan fingerprint density at radius 3 is 1.25 bits per heavy atom. The Kier molecular flexibility index (Phi) is 6.61. The lowest BCUT2D eigenvalue weighted by Crippen LogP contribution is -1.90. The molecular weight excluding hydrogens is 476 g/mol. The molecule has 3 aromatic carbocycles. The summed E-state index contributed by atoms with van der Waals surface area (Å²) in [5.74, 6) is 0. The predicted molar refractivity (Wildman–Crippen MR) is 122 cm³/mol. The molecule has 0 atom stereocenters. The Morgan fingerprint density at radius 2 is 0.929 bits per heavy atom. The van der Waals surface area contributed by atoms with Crippen molar-refractivity contribution >= 4 is 56.2 Å². The number of hydrogen-bond donors (Lipinski definition) is 0. The van der Waals surface area contributed by atoms with Gasteiger partial charge in [-0.3, -0.25) is 0 Å². The highest BCUT2D eigenvalue weighted by atomic mass is 79.9. The summed E-state index contributed by atoms with van der Waals surface area (Å²) in [6.07, 6.45) is 7.60. The molecule has 134 valence electrons. The standard InChI is InChI=1S/C24H14Br2N2/c25-23-9-3-17(4-10-23)1-7-19-13-22(16-28)20(14-21(19)15-27)8-2-18-5-11-24(26)12-6-18/h1-14H. The molecule has 0 aliphatic heterocycles. The normalized spacial score (nSPS) is 10.9. The average molecular weight is 490 g/mol. The summed E-state index contributed by atoms with van der Waals surface area (Å²) in [6, 6.07) is 23.7. The van der Waals surface area contributed by atoms with E-state index in [1.165, 1.54) is 0 Å². The fraction of sp³-hybridized carbons (Fsp3) is 0. The molecule has 0 fully saturated rings. The molecule has 28 heavy (non-hydrogen) atoms. The SMILES string of the molecule is N#Cc1cc(C=Cc2ccc(Br)cc2)c(C#N)cc1C=Cc1ccc(Br)cc1. The van der Waals surface area contributed by atoms with Crippen LogP contribution in [0.25, 0.3) is 24.3 Å². The monoisotopic (exact) mass is 488 g/mol. The van der Waals surface area contributed by atoms with Gasteiger partial charge in [0.15, 0.2) is 0 Å². The van der Waals surface area contributed by atoms with Gasteiger partial charge in [-0.05, 0) is 58.7 Å². The first-order valence-electron chi connectivity index (χ1n) is 8.44. The van der Waals surface area contributed by atoms with Crippen LogP contribution in [0.4, 0.5) is 0 Å². The van der Waals surface area contributed by atoms with Crippen LogP contribution < -0.4 is 0 Å². The van der Waals surface area contributed by atoms with E-state index in [9.17, 15) is 10.5 Å². The minimum Gasteiger partial charge on any atom is -0.192 e. The molecule has 0 bridgehead atoms. The van der Waals surface area contributed by atoms with Crippen LogP contribution in [-0.2, 0) is 0 Å². The van der Waals surface area contributed by atoms with Crippen LogP contribution >= 0.6 is 31.9 Å². The van der Waals surface area contributed by atoms with Gasteiger partial charge in [-0.2, -0.15) is 10.5 Å². The lowest BCUT2D eigenvalue weighted by Gasteiger charge is -2.04. The van der Waals surface area contributed by atoms with Crippen molar-refractivity contribution < 1.29 is 0 Å². The van der Waals surface area contributed by atoms with Crippen LogP contribution in [0.5, 0.6) is 0 Å². The fourth-order valence-corrected chi connectivity index (χ4v) is 3.15. The van der Waals surface area contributed by atoms with Crippen molar-refractivity contribution in [3.8, 4) is 12.1 Å². The molecule has 0 radical (unpaired) electrons. The number of rotatable bonds is 4. The zero-order chi connectivity index (χ0) is 19.9. The van der Waals surface area contributed by atoms with Crippen molar-refractivity contribution in [3.05, 3.63) is 103 Å². The van der Waals surface area contributed by atoms with Gasteiger partial charge in [0, 0.05) is 8.95 Å². The maximum atomic E-state index is 9.55. The van der Waals surface area contributed by atoms with Gasteiger partial charge in [0.25, 0.3) is 0 Å². The Hall–Kier alpha value is -2.92. The summed E-state index contributed by atoms with van der Waals surface area (Å²) in [6.45, 7) is 0. The van der Waals surface area contributed by atoms with E-state index in [1.807, 2.05) is 72.8 Å². The smallest absolute Gasteiger partial charge is 0.0998 e. The zero-order valence-electron chi connectivity index (χ0n) is 14.7. The van der Waals surface area contributed by atoms with Crippen molar-refractivity contribution in [1.82, 2.24) is 0 Å². The van der Waals surface area contributed by atoms with Gasteiger partial charge in [-0.15, -0.1) is 0 Å². The van der Waals surface area contributed by atoms with E-state index in [0.29, 0.717) is 11.1 Å². The van der Waals surface area contributed by atoms with Crippen LogP contribution in [0.2, 0.25) is 0 Å². The quantitative estimate of drug-likeness (QED) is 0.361. The summed E-state index contributed by atoms with van der Waals surface area (Å²) >= 11 is 6.83. The molecule has 0 heterocycles. The molecule has 0 spiro atoms. The molecule has 0 amide bonds. The van der Waals surface area contributed by atoms with Crippen LogP contribution in [-0.4, -0.2) is 0 Å². The van der Waals surface area contributed by atoms with Crippen LogP contribution in [0.15, 0.2) is 69.6 Å². The first-order chi connectivity index (χ1) is 13.6. The van der Waals surface area contributed by atoms with Crippen molar-refractivity contribution in [2.45, 2.75) is 0 Å². The van der Waals surface area contributed by atoms with Gasteiger partial charge in [0.2, 0.25) is 0 Å². The van der Waals surface area contributed by atoms with Gasteiger partial charge >= 0.3 is 0 Å². The van der Waals surface area contributed by atoms with E-state index in [2.05, 4.69) is 44.0 Å². The first-order valence-corrected chi connectivity index (χ1v) is 10.0. The van der Waals surface area contributed by atoms with Gasteiger partial charge in [-0.1, -0.05) is 80.4 Å². The number of nitrogens with zero attached hydrogens (tertiary/aromatic N) is 2. The Labute approximate surface area is 181 Å². The highest BCUT2D eigenvalue weighted by molar-refractivity contribution is 9.10. The van der Waals surface area contributed by atoms with Crippen molar-refractivity contribution in [2.75, 3.05) is 0 Å². The maximum Gasteiger partial charge on any atom is 0.0998 e. The Bertz CT molecular complexity index is 1030. The molecule has 0 N–H and O–H groups in total. The van der Waals surface area contributed by atoms with Gasteiger partial charge in [0.1, 0.15) is 0 Å². The Morgan fingerprint density at radius 1 is 0.571 bits per heavy atom. The van der Waals surface area contributed by atoms with E-state index < -0.39 is 0 Å². The minimum atomic E-state index is 0.530. The molecule has 2 nitrogen and oxygen atoms in total. The van der Waals surface area contributed by atoms with Gasteiger partial charge < -0.3 is 0 Å². The van der Waals surface area contributed by atoms with Crippen LogP contribution in [0.3, 0.4) is 0 Å². The molecule has 0 unspecified atom stereocenters. The van der Waals surface area contributed by atoms with E-state index in [0.717, 1.165) is 31.2 Å². The second-order valence-electron chi connectivity index (χ2n) is 6.02. The van der Waals surface area contributed by atoms with E-state index in [1.54, 1.807) is 12.1 Å². The summed E-state index contributed by atoms with van der Waals surface area (Å²) < 4.78 is 2.02. The number of hydrogen-bond acceptors (Lipinski definition) is 2. The molecule has 0 aliphatic carbocycles. The van der Waals surface area contributed by atoms with E-state index in [4.69, 9.17) is 0 Å². The lowest BCUT2D eigenvalue weighted by molar-refractivity contribution is 1.43. The molecular formula is C24H14Br2N2. The van der Waals surface area contributed by atoms with Crippen molar-refractivity contribution in [2.24, 2.45) is 0 Å². The number of nitriles is 2. The van der Waals surface area contributed by atoms with Crippen LogP contribution in [0, 0.1) is 22.7 Å². The molecule has 0 aromatic heterocycles. The Balaban J connectivity index is 1.93. The summed E-state index contributed by atoms with van der Waals surface area (Å²) in [5.41, 5.74) is 4.55. The van der Waals surface area contributed by atoms with Crippen LogP contribution in [0.1, 0.15) is 33.4 Å².